The van der Waals surface area contributed by atoms with E-state index >= 15 is 0 Å². The molecular formula is C14H22N6. The summed E-state index contributed by atoms with van der Waals surface area (Å²) in [6.45, 7) is 7.18. The monoisotopic (exact) mass is 274 g/mol. The van der Waals surface area contributed by atoms with Crippen molar-refractivity contribution in [3.63, 3.8) is 0 Å². The quantitative estimate of drug-likeness (QED) is 0.913. The average molecular weight is 274 g/mol. The second-order valence-electron chi connectivity index (χ2n) is 5.34. The Kier molecular flexibility index (Phi) is 3.82. The molecule has 1 aliphatic heterocycles. The SMILES string of the molecule is CCNCC1CCCCN1c1nccn2c(C)nnc12. The van der Waals surface area contributed by atoms with Crippen molar-refractivity contribution in [2.75, 3.05) is 24.5 Å². The van der Waals surface area contributed by atoms with E-state index in [9.17, 15) is 0 Å². The van der Waals surface area contributed by atoms with Gasteiger partial charge in [-0.2, -0.15) is 0 Å². The number of rotatable bonds is 4. The van der Waals surface area contributed by atoms with E-state index in [1.54, 1.807) is 0 Å². The number of aromatic nitrogens is 4. The molecule has 0 saturated carbocycles. The van der Waals surface area contributed by atoms with Crippen LogP contribution in [0.5, 0.6) is 0 Å². The van der Waals surface area contributed by atoms with Gasteiger partial charge in [0, 0.05) is 31.5 Å². The van der Waals surface area contributed by atoms with E-state index in [0.29, 0.717) is 6.04 Å². The molecule has 2 aromatic heterocycles. The van der Waals surface area contributed by atoms with Crippen LogP contribution in [0.2, 0.25) is 0 Å². The molecule has 6 nitrogen and oxygen atoms in total. The molecule has 0 spiro atoms. The summed E-state index contributed by atoms with van der Waals surface area (Å²) in [5.74, 6) is 1.87. The van der Waals surface area contributed by atoms with Crippen molar-refractivity contribution in [3.8, 4) is 0 Å². The minimum atomic E-state index is 0.499. The number of piperidine rings is 1. The first-order valence-corrected chi connectivity index (χ1v) is 7.45. The van der Waals surface area contributed by atoms with Crippen LogP contribution >= 0.6 is 0 Å². The summed E-state index contributed by atoms with van der Waals surface area (Å²) in [6, 6.07) is 0.499. The predicted octanol–water partition coefficient (Wildman–Crippen LogP) is 1.40. The number of hydrogen-bond donors (Lipinski definition) is 1. The van der Waals surface area contributed by atoms with Gasteiger partial charge in [-0.15, -0.1) is 10.2 Å². The molecule has 0 radical (unpaired) electrons. The highest BCUT2D eigenvalue weighted by molar-refractivity contribution is 5.64. The third kappa shape index (κ3) is 2.35. The summed E-state index contributed by atoms with van der Waals surface area (Å²) in [5.41, 5.74) is 0.869. The molecule has 0 bridgehead atoms. The first-order chi connectivity index (χ1) is 9.81. The van der Waals surface area contributed by atoms with Gasteiger partial charge >= 0.3 is 0 Å². The summed E-state index contributed by atoms with van der Waals surface area (Å²) in [6.07, 6.45) is 7.50. The van der Waals surface area contributed by atoms with Crippen LogP contribution in [-0.4, -0.2) is 45.3 Å². The lowest BCUT2D eigenvalue weighted by molar-refractivity contribution is 0.437. The van der Waals surface area contributed by atoms with Crippen molar-refractivity contribution in [2.45, 2.75) is 39.2 Å². The van der Waals surface area contributed by atoms with Crippen LogP contribution in [0.15, 0.2) is 12.4 Å². The lowest BCUT2D eigenvalue weighted by Crippen LogP contribution is -2.46. The van der Waals surface area contributed by atoms with Crippen LogP contribution in [0.1, 0.15) is 32.0 Å². The first-order valence-electron chi connectivity index (χ1n) is 7.45. The summed E-state index contributed by atoms with van der Waals surface area (Å²) in [4.78, 5) is 6.98. The van der Waals surface area contributed by atoms with Crippen molar-refractivity contribution < 1.29 is 0 Å². The van der Waals surface area contributed by atoms with Crippen molar-refractivity contribution in [2.24, 2.45) is 0 Å². The Hall–Kier alpha value is -1.69. The van der Waals surface area contributed by atoms with E-state index in [0.717, 1.165) is 36.9 Å². The van der Waals surface area contributed by atoms with Gasteiger partial charge in [-0.3, -0.25) is 4.40 Å². The fourth-order valence-corrected chi connectivity index (χ4v) is 2.93. The minimum Gasteiger partial charge on any atom is -0.349 e. The van der Waals surface area contributed by atoms with Gasteiger partial charge in [0.25, 0.3) is 0 Å². The smallest absolute Gasteiger partial charge is 0.203 e. The Morgan fingerprint density at radius 3 is 3.10 bits per heavy atom. The van der Waals surface area contributed by atoms with E-state index in [2.05, 4.69) is 32.3 Å². The largest absolute Gasteiger partial charge is 0.349 e. The van der Waals surface area contributed by atoms with E-state index in [1.807, 2.05) is 23.7 Å². The summed E-state index contributed by atoms with van der Waals surface area (Å²) >= 11 is 0. The first kappa shape index (κ1) is 13.3. The predicted molar refractivity (Wildman–Crippen MR) is 79.0 cm³/mol. The van der Waals surface area contributed by atoms with Crippen LogP contribution in [0, 0.1) is 6.92 Å². The summed E-state index contributed by atoms with van der Waals surface area (Å²) in [5, 5.41) is 11.9. The molecule has 1 N–H and O–H groups in total. The molecule has 1 saturated heterocycles. The minimum absolute atomic E-state index is 0.499. The Morgan fingerprint density at radius 1 is 1.35 bits per heavy atom. The van der Waals surface area contributed by atoms with E-state index in [1.165, 1.54) is 19.3 Å². The van der Waals surface area contributed by atoms with Gasteiger partial charge in [0.1, 0.15) is 5.82 Å². The maximum Gasteiger partial charge on any atom is 0.203 e. The van der Waals surface area contributed by atoms with Gasteiger partial charge in [-0.05, 0) is 32.7 Å². The molecule has 0 aromatic carbocycles. The van der Waals surface area contributed by atoms with Gasteiger partial charge in [0.2, 0.25) is 5.65 Å². The fraction of sp³-hybridized carbons (Fsp3) is 0.643. The second-order valence-corrected chi connectivity index (χ2v) is 5.34. The maximum absolute atomic E-state index is 4.58. The highest BCUT2D eigenvalue weighted by Crippen LogP contribution is 2.25. The molecule has 0 amide bonds. The zero-order valence-corrected chi connectivity index (χ0v) is 12.2. The van der Waals surface area contributed by atoms with Crippen molar-refractivity contribution in [3.05, 3.63) is 18.2 Å². The molecular weight excluding hydrogens is 252 g/mol. The third-order valence-electron chi connectivity index (χ3n) is 4.01. The Labute approximate surface area is 119 Å². The molecule has 3 rings (SSSR count). The van der Waals surface area contributed by atoms with Gasteiger partial charge in [0.05, 0.1) is 0 Å². The normalized spacial score (nSPS) is 19.7. The number of hydrogen-bond acceptors (Lipinski definition) is 5. The highest BCUT2D eigenvalue weighted by Gasteiger charge is 2.25. The lowest BCUT2D eigenvalue weighted by atomic mass is 10.0. The number of likely N-dealkylation sites (N-methyl/N-ethyl adjacent to an activating group) is 1. The Morgan fingerprint density at radius 2 is 2.25 bits per heavy atom. The molecule has 2 aromatic rings. The average Bonchev–Trinajstić information content (AvgIpc) is 2.87. The van der Waals surface area contributed by atoms with Gasteiger partial charge in [0.15, 0.2) is 5.82 Å². The summed E-state index contributed by atoms with van der Waals surface area (Å²) in [7, 11) is 0. The zero-order valence-electron chi connectivity index (χ0n) is 12.2. The highest BCUT2D eigenvalue weighted by atomic mass is 15.3. The van der Waals surface area contributed by atoms with Crippen LogP contribution in [0.3, 0.4) is 0 Å². The third-order valence-corrected chi connectivity index (χ3v) is 4.01. The van der Waals surface area contributed by atoms with E-state index in [4.69, 9.17) is 0 Å². The van der Waals surface area contributed by atoms with Crippen LogP contribution < -0.4 is 10.2 Å². The number of aryl methyl sites for hydroxylation is 1. The van der Waals surface area contributed by atoms with Crippen LogP contribution in [0.25, 0.3) is 5.65 Å². The Bertz CT molecular complexity index is 578. The molecule has 3 heterocycles. The summed E-state index contributed by atoms with van der Waals surface area (Å²) < 4.78 is 2.02. The molecule has 108 valence electrons. The van der Waals surface area contributed by atoms with Gasteiger partial charge in [-0.25, -0.2) is 4.98 Å². The molecule has 1 fully saturated rings. The molecule has 20 heavy (non-hydrogen) atoms. The molecule has 1 unspecified atom stereocenters. The van der Waals surface area contributed by atoms with Crippen LogP contribution in [-0.2, 0) is 0 Å². The fourth-order valence-electron chi connectivity index (χ4n) is 2.93. The topological polar surface area (TPSA) is 58.4 Å². The number of anilines is 1. The maximum atomic E-state index is 4.58. The Balaban J connectivity index is 1.95. The van der Waals surface area contributed by atoms with E-state index < -0.39 is 0 Å². The van der Waals surface area contributed by atoms with Crippen molar-refractivity contribution in [1.29, 1.82) is 0 Å². The number of fused-ring (bicyclic) bond motifs is 1. The van der Waals surface area contributed by atoms with Crippen molar-refractivity contribution >= 4 is 11.5 Å². The number of nitrogens with one attached hydrogen (secondary N) is 1. The standard InChI is InChI=1S/C14H22N6/c1-3-15-10-12-6-4-5-8-20(12)13-14-18-17-11(2)19(14)9-7-16-13/h7,9,12,15H,3-6,8,10H2,1-2H3. The van der Waals surface area contributed by atoms with E-state index in [-0.39, 0.29) is 0 Å². The van der Waals surface area contributed by atoms with Gasteiger partial charge in [-0.1, -0.05) is 6.92 Å². The zero-order chi connectivity index (χ0) is 13.9. The number of nitrogens with zero attached hydrogens (tertiary/aromatic N) is 5. The lowest BCUT2D eigenvalue weighted by Gasteiger charge is -2.36. The molecule has 6 heteroatoms. The molecule has 1 aliphatic rings. The van der Waals surface area contributed by atoms with Crippen molar-refractivity contribution in [1.82, 2.24) is 24.9 Å². The molecule has 1 atom stereocenters. The molecule has 0 aliphatic carbocycles. The van der Waals surface area contributed by atoms with Gasteiger partial charge < -0.3 is 10.2 Å². The van der Waals surface area contributed by atoms with Crippen LogP contribution in [0.4, 0.5) is 5.82 Å². The second kappa shape index (κ2) is 5.75.